The Kier molecular flexibility index (Phi) is 5.54. The van der Waals surface area contributed by atoms with Crippen LogP contribution in [0.3, 0.4) is 0 Å². The molecule has 0 spiro atoms. The van der Waals surface area contributed by atoms with E-state index in [9.17, 15) is 9.18 Å². The highest BCUT2D eigenvalue weighted by atomic mass is 35.5. The molecule has 0 bridgehead atoms. The molecule has 0 saturated heterocycles. The van der Waals surface area contributed by atoms with Crippen LogP contribution < -0.4 is 5.56 Å². The molecule has 5 heterocycles. The van der Waals surface area contributed by atoms with Crippen LogP contribution in [0.1, 0.15) is 35.8 Å². The van der Waals surface area contributed by atoms with Gasteiger partial charge in [-0.3, -0.25) is 4.79 Å². The average Bonchev–Trinajstić information content (AvgIpc) is 3.59. The highest BCUT2D eigenvalue weighted by Gasteiger charge is 2.33. The summed E-state index contributed by atoms with van der Waals surface area (Å²) in [6.07, 6.45) is 3.22. The van der Waals surface area contributed by atoms with Crippen molar-refractivity contribution in [1.82, 2.24) is 29.8 Å². The number of hydrogen-bond acceptors (Lipinski definition) is 6. The molecular weight excluding hydrogens is 504 g/mol. The van der Waals surface area contributed by atoms with Gasteiger partial charge in [0.05, 0.1) is 23.0 Å². The van der Waals surface area contributed by atoms with Gasteiger partial charge < -0.3 is 4.57 Å². The SMILES string of the molecule is Cc1ccc(C2=NC(Cl)=C([C@@H]3CCc4cc(-c5cc(Cl)ccc5-n5cnnn5)cc(=O)n43)C2)c(F)n1. The van der Waals surface area contributed by atoms with E-state index in [0.717, 1.165) is 22.4 Å². The number of nitrogens with zero attached hydrogens (tertiary/aromatic N) is 7. The van der Waals surface area contributed by atoms with Gasteiger partial charge in [-0.2, -0.15) is 9.07 Å². The van der Waals surface area contributed by atoms with Crippen LogP contribution in [0.5, 0.6) is 0 Å². The second kappa shape index (κ2) is 8.76. The van der Waals surface area contributed by atoms with E-state index in [2.05, 4.69) is 25.5 Å². The van der Waals surface area contributed by atoms with Crippen molar-refractivity contribution in [1.29, 1.82) is 0 Å². The van der Waals surface area contributed by atoms with Crippen molar-refractivity contribution in [2.24, 2.45) is 4.99 Å². The highest BCUT2D eigenvalue weighted by molar-refractivity contribution is 6.32. The number of fused-ring (bicyclic) bond motifs is 1. The Morgan fingerprint density at radius 1 is 1.08 bits per heavy atom. The quantitative estimate of drug-likeness (QED) is 0.283. The van der Waals surface area contributed by atoms with Crippen molar-refractivity contribution in [3.05, 3.63) is 97.8 Å². The van der Waals surface area contributed by atoms with E-state index in [1.165, 1.54) is 11.0 Å². The van der Waals surface area contributed by atoms with Gasteiger partial charge in [-0.05, 0) is 77.7 Å². The lowest BCUT2D eigenvalue weighted by molar-refractivity contribution is 0.574. The van der Waals surface area contributed by atoms with Crippen molar-refractivity contribution in [3.8, 4) is 16.8 Å². The number of aromatic nitrogens is 6. The van der Waals surface area contributed by atoms with E-state index in [1.807, 2.05) is 12.1 Å². The van der Waals surface area contributed by atoms with Crippen LogP contribution in [0.2, 0.25) is 5.02 Å². The van der Waals surface area contributed by atoms with Crippen LogP contribution in [0.15, 0.2) is 69.3 Å². The smallest absolute Gasteiger partial charge is 0.251 e. The van der Waals surface area contributed by atoms with Gasteiger partial charge in [0, 0.05) is 34.5 Å². The monoisotopic (exact) mass is 521 g/mol. The Hall–Kier alpha value is -3.69. The van der Waals surface area contributed by atoms with Crippen LogP contribution in [0.25, 0.3) is 16.8 Å². The number of halogens is 3. The molecule has 3 aromatic heterocycles. The second-order valence-electron chi connectivity index (χ2n) is 8.76. The van der Waals surface area contributed by atoms with Crippen molar-refractivity contribution in [2.45, 2.75) is 32.2 Å². The van der Waals surface area contributed by atoms with E-state index < -0.39 is 5.95 Å². The first-order chi connectivity index (χ1) is 17.4. The molecule has 0 radical (unpaired) electrons. The summed E-state index contributed by atoms with van der Waals surface area (Å²) in [6.45, 7) is 1.73. The number of rotatable bonds is 4. The summed E-state index contributed by atoms with van der Waals surface area (Å²) < 4.78 is 17.8. The minimum Gasteiger partial charge on any atom is -0.305 e. The number of aliphatic imine (C=N–C) groups is 1. The predicted molar refractivity (Wildman–Crippen MR) is 134 cm³/mol. The van der Waals surface area contributed by atoms with Crippen LogP contribution >= 0.6 is 23.2 Å². The number of aryl methyl sites for hydroxylation is 2. The number of benzene rings is 1. The summed E-state index contributed by atoms with van der Waals surface area (Å²) in [5.74, 6) is -0.576. The largest absolute Gasteiger partial charge is 0.305 e. The van der Waals surface area contributed by atoms with Gasteiger partial charge in [-0.1, -0.05) is 23.2 Å². The molecule has 11 heteroatoms. The molecule has 6 rings (SSSR count). The minimum atomic E-state index is -0.576. The van der Waals surface area contributed by atoms with Crippen molar-refractivity contribution in [2.75, 3.05) is 0 Å². The second-order valence-corrected chi connectivity index (χ2v) is 9.55. The third-order valence-electron chi connectivity index (χ3n) is 6.56. The predicted octanol–water partition coefficient (Wildman–Crippen LogP) is 4.82. The molecular formula is C25H18Cl2FN7O. The lowest BCUT2D eigenvalue weighted by Gasteiger charge is -2.18. The Bertz CT molecular complexity index is 1640. The van der Waals surface area contributed by atoms with Gasteiger partial charge in [0.1, 0.15) is 11.5 Å². The summed E-state index contributed by atoms with van der Waals surface area (Å²) in [6, 6.07) is 12.1. The molecule has 0 saturated carbocycles. The topological polar surface area (TPSA) is 90.9 Å². The zero-order valence-electron chi connectivity index (χ0n) is 19.0. The molecule has 4 aromatic rings. The Labute approximate surface area is 214 Å². The van der Waals surface area contributed by atoms with Crippen molar-refractivity contribution in [3.63, 3.8) is 0 Å². The Morgan fingerprint density at radius 2 is 1.94 bits per heavy atom. The molecule has 0 unspecified atom stereocenters. The van der Waals surface area contributed by atoms with E-state index in [0.29, 0.717) is 52.1 Å². The molecule has 180 valence electrons. The third kappa shape index (κ3) is 3.84. The zero-order valence-corrected chi connectivity index (χ0v) is 20.5. The highest BCUT2D eigenvalue weighted by Crippen LogP contribution is 2.40. The molecule has 36 heavy (non-hydrogen) atoms. The number of allylic oxidation sites excluding steroid dienone is 1. The molecule has 0 amide bonds. The lowest BCUT2D eigenvalue weighted by Crippen LogP contribution is -2.24. The molecule has 1 atom stereocenters. The molecule has 1 aromatic carbocycles. The average molecular weight is 522 g/mol. The minimum absolute atomic E-state index is 0.166. The Morgan fingerprint density at radius 3 is 2.72 bits per heavy atom. The van der Waals surface area contributed by atoms with Crippen LogP contribution in [0.4, 0.5) is 4.39 Å². The maximum atomic E-state index is 14.5. The first-order valence-electron chi connectivity index (χ1n) is 11.3. The van der Waals surface area contributed by atoms with Crippen molar-refractivity contribution < 1.29 is 4.39 Å². The maximum Gasteiger partial charge on any atom is 0.251 e. The summed E-state index contributed by atoms with van der Waals surface area (Å²) in [5, 5.41) is 12.2. The standard InChI is InChI=1S/C25H18Cl2FN7O/c1-13-2-5-17(25(28)30-13)20-11-19(24(27)31-20)22-7-4-16-8-14(9-23(36)35(16)22)18-10-15(26)3-6-21(18)34-12-29-32-33-34/h2-3,5-6,8-10,12,22H,4,7,11H2,1H3/t22-/m0/s1. The van der Waals surface area contributed by atoms with Gasteiger partial charge in [-0.15, -0.1) is 5.10 Å². The van der Waals surface area contributed by atoms with E-state index in [4.69, 9.17) is 23.2 Å². The normalized spacial score (nSPS) is 17.0. The fourth-order valence-corrected chi connectivity index (χ4v) is 5.39. The van der Waals surface area contributed by atoms with Crippen molar-refractivity contribution >= 4 is 28.9 Å². The molecule has 2 aliphatic rings. The fraction of sp³-hybridized carbons (Fsp3) is 0.200. The van der Waals surface area contributed by atoms with Gasteiger partial charge in [0.25, 0.3) is 5.56 Å². The van der Waals surface area contributed by atoms with Gasteiger partial charge >= 0.3 is 0 Å². The number of tetrazole rings is 1. The third-order valence-corrected chi connectivity index (χ3v) is 7.12. The molecule has 8 nitrogen and oxygen atoms in total. The summed E-state index contributed by atoms with van der Waals surface area (Å²) in [7, 11) is 0. The molecule has 0 aliphatic carbocycles. The van der Waals surface area contributed by atoms with E-state index >= 15 is 0 Å². The first-order valence-corrected chi connectivity index (χ1v) is 12.0. The molecule has 0 N–H and O–H groups in total. The number of pyridine rings is 2. The summed E-state index contributed by atoms with van der Waals surface area (Å²) in [5.41, 5.74) is 5.10. The summed E-state index contributed by atoms with van der Waals surface area (Å²) in [4.78, 5) is 21.7. The zero-order chi connectivity index (χ0) is 25.0. The van der Waals surface area contributed by atoms with Gasteiger partial charge in [0.15, 0.2) is 0 Å². The van der Waals surface area contributed by atoms with Gasteiger partial charge in [-0.25, -0.2) is 9.98 Å². The summed E-state index contributed by atoms with van der Waals surface area (Å²) >= 11 is 12.8. The van der Waals surface area contributed by atoms with Crippen LogP contribution in [-0.4, -0.2) is 35.5 Å². The van der Waals surface area contributed by atoms with Crippen LogP contribution in [-0.2, 0) is 6.42 Å². The van der Waals surface area contributed by atoms with Gasteiger partial charge in [0.2, 0.25) is 5.95 Å². The molecule has 2 aliphatic heterocycles. The number of hydrogen-bond donors (Lipinski definition) is 0. The van der Waals surface area contributed by atoms with E-state index in [1.54, 1.807) is 41.8 Å². The Balaban J connectivity index is 1.36. The molecule has 0 fully saturated rings. The van der Waals surface area contributed by atoms with E-state index in [-0.39, 0.29) is 11.6 Å². The first kappa shape index (κ1) is 22.8. The lowest BCUT2D eigenvalue weighted by atomic mass is 9.99. The maximum absolute atomic E-state index is 14.5. The fourth-order valence-electron chi connectivity index (χ4n) is 4.93. The van der Waals surface area contributed by atoms with Crippen LogP contribution in [0, 0.1) is 12.9 Å².